The normalized spacial score (nSPS) is 28.1. The number of halogens is 1. The van der Waals surface area contributed by atoms with Gasteiger partial charge >= 0.3 is 0 Å². The summed E-state index contributed by atoms with van der Waals surface area (Å²) in [5.74, 6) is 3.20. The molecule has 0 aromatic carbocycles. The van der Waals surface area contributed by atoms with E-state index >= 15 is 0 Å². The van der Waals surface area contributed by atoms with E-state index in [2.05, 4.69) is 22.2 Å². The van der Waals surface area contributed by atoms with E-state index in [0.717, 1.165) is 17.6 Å². The molecule has 1 N–H and O–H groups in total. The molecule has 0 amide bonds. The zero-order valence-electron chi connectivity index (χ0n) is 10.8. The van der Waals surface area contributed by atoms with Gasteiger partial charge in [0.25, 0.3) is 0 Å². The fraction of sp³-hybridized carbons (Fsp3) is 0.714. The van der Waals surface area contributed by atoms with Crippen LogP contribution in [0.25, 0.3) is 0 Å². The van der Waals surface area contributed by atoms with Crippen LogP contribution < -0.4 is 5.32 Å². The topological polar surface area (TPSA) is 37.8 Å². The molecule has 1 heterocycles. The smallest absolute Gasteiger partial charge is 0.135 e. The van der Waals surface area contributed by atoms with E-state index in [0.29, 0.717) is 17.1 Å². The maximum atomic E-state index is 6.08. The summed E-state index contributed by atoms with van der Waals surface area (Å²) in [6.07, 6.45) is 7.56. The lowest BCUT2D eigenvalue weighted by Gasteiger charge is -2.27. The van der Waals surface area contributed by atoms with Gasteiger partial charge in [0.15, 0.2) is 0 Å². The molecule has 0 aliphatic heterocycles. The Morgan fingerprint density at radius 2 is 2.06 bits per heavy atom. The summed E-state index contributed by atoms with van der Waals surface area (Å²) < 4.78 is 0. The number of anilines is 1. The van der Waals surface area contributed by atoms with Crippen molar-refractivity contribution in [3.63, 3.8) is 0 Å². The molecule has 2 aliphatic carbocycles. The summed E-state index contributed by atoms with van der Waals surface area (Å²) in [6, 6.07) is 2.40. The number of hydrogen-bond acceptors (Lipinski definition) is 3. The fourth-order valence-corrected chi connectivity index (χ4v) is 3.00. The molecule has 0 radical (unpaired) electrons. The molecule has 1 aromatic heterocycles. The summed E-state index contributed by atoms with van der Waals surface area (Å²) in [4.78, 5) is 8.93. The molecule has 0 spiro atoms. The first-order valence-electron chi connectivity index (χ1n) is 7.01. The Labute approximate surface area is 113 Å². The lowest BCUT2D eigenvalue weighted by Crippen LogP contribution is -2.26. The lowest BCUT2D eigenvalue weighted by atomic mass is 9.87. The van der Waals surface area contributed by atoms with Crippen molar-refractivity contribution in [1.29, 1.82) is 0 Å². The predicted octanol–water partition coefficient (Wildman–Crippen LogP) is 4.00. The van der Waals surface area contributed by atoms with Gasteiger partial charge in [-0.1, -0.05) is 31.4 Å². The highest BCUT2D eigenvalue weighted by Crippen LogP contribution is 2.39. The van der Waals surface area contributed by atoms with Gasteiger partial charge < -0.3 is 5.32 Å². The zero-order chi connectivity index (χ0) is 12.5. The summed E-state index contributed by atoms with van der Waals surface area (Å²) in [6.45, 7) is 2.33. The molecule has 1 aromatic rings. The Balaban J connectivity index is 1.71. The Kier molecular flexibility index (Phi) is 3.42. The molecular weight excluding hydrogens is 246 g/mol. The van der Waals surface area contributed by atoms with Gasteiger partial charge in [-0.05, 0) is 31.6 Å². The van der Waals surface area contributed by atoms with Gasteiger partial charge in [0.05, 0.1) is 0 Å². The van der Waals surface area contributed by atoms with Crippen LogP contribution in [-0.2, 0) is 0 Å². The second-order valence-corrected chi connectivity index (χ2v) is 6.21. The fourth-order valence-electron chi connectivity index (χ4n) is 2.81. The van der Waals surface area contributed by atoms with Crippen LogP contribution in [-0.4, -0.2) is 16.0 Å². The van der Waals surface area contributed by atoms with E-state index in [1.807, 2.05) is 6.07 Å². The van der Waals surface area contributed by atoms with Gasteiger partial charge in [0, 0.05) is 18.0 Å². The number of nitrogens with one attached hydrogen (secondary N) is 1. The maximum Gasteiger partial charge on any atom is 0.135 e. The molecule has 2 atom stereocenters. The molecule has 98 valence electrons. The number of hydrogen-bond donors (Lipinski definition) is 1. The molecule has 4 heteroatoms. The van der Waals surface area contributed by atoms with Crippen molar-refractivity contribution in [3.05, 3.63) is 17.0 Å². The first-order chi connectivity index (χ1) is 8.70. The monoisotopic (exact) mass is 265 g/mol. The zero-order valence-corrected chi connectivity index (χ0v) is 11.6. The molecular formula is C14H20ClN3. The first-order valence-corrected chi connectivity index (χ1v) is 7.39. The van der Waals surface area contributed by atoms with E-state index in [4.69, 9.17) is 11.6 Å². The van der Waals surface area contributed by atoms with Gasteiger partial charge in [-0.15, -0.1) is 0 Å². The van der Waals surface area contributed by atoms with E-state index in [9.17, 15) is 0 Å². The summed E-state index contributed by atoms with van der Waals surface area (Å²) in [7, 11) is 0. The van der Waals surface area contributed by atoms with Crippen molar-refractivity contribution < 1.29 is 0 Å². The Morgan fingerprint density at radius 3 is 2.78 bits per heavy atom. The van der Waals surface area contributed by atoms with Gasteiger partial charge in [0.2, 0.25) is 0 Å². The molecule has 2 aliphatic rings. The average molecular weight is 266 g/mol. The van der Waals surface area contributed by atoms with Crippen LogP contribution >= 0.6 is 11.6 Å². The van der Waals surface area contributed by atoms with E-state index in [-0.39, 0.29) is 0 Å². The van der Waals surface area contributed by atoms with Crippen LogP contribution in [0.3, 0.4) is 0 Å². The van der Waals surface area contributed by atoms with E-state index in [1.165, 1.54) is 38.5 Å². The standard InChI is InChI=1S/C14H20ClN3/c1-9-3-2-4-11(7-9)16-13-8-12(15)17-14(18-13)10-5-6-10/h8-11H,2-7H2,1H3,(H,16,17,18). The highest BCUT2D eigenvalue weighted by Gasteiger charge is 2.27. The largest absolute Gasteiger partial charge is 0.367 e. The van der Waals surface area contributed by atoms with Crippen LogP contribution in [0.2, 0.25) is 5.15 Å². The third kappa shape index (κ3) is 2.94. The van der Waals surface area contributed by atoms with Crippen LogP contribution in [0.5, 0.6) is 0 Å². The highest BCUT2D eigenvalue weighted by atomic mass is 35.5. The van der Waals surface area contributed by atoms with Crippen LogP contribution in [0.4, 0.5) is 5.82 Å². The number of rotatable bonds is 3. The first kappa shape index (κ1) is 12.2. The van der Waals surface area contributed by atoms with Crippen molar-refractivity contribution in [2.45, 2.75) is 57.4 Å². The van der Waals surface area contributed by atoms with E-state index < -0.39 is 0 Å². The molecule has 2 saturated carbocycles. The van der Waals surface area contributed by atoms with Crippen molar-refractivity contribution in [2.24, 2.45) is 5.92 Å². The van der Waals surface area contributed by atoms with Gasteiger partial charge in [-0.25, -0.2) is 9.97 Å². The number of nitrogens with zero attached hydrogens (tertiary/aromatic N) is 2. The van der Waals surface area contributed by atoms with Gasteiger partial charge in [0.1, 0.15) is 16.8 Å². The van der Waals surface area contributed by atoms with Crippen LogP contribution in [0, 0.1) is 5.92 Å². The second-order valence-electron chi connectivity index (χ2n) is 5.82. The van der Waals surface area contributed by atoms with Crippen molar-refractivity contribution in [1.82, 2.24) is 9.97 Å². The predicted molar refractivity (Wildman–Crippen MR) is 74.1 cm³/mol. The number of aromatic nitrogens is 2. The summed E-state index contributed by atoms with van der Waals surface area (Å²) in [5.41, 5.74) is 0. The molecule has 18 heavy (non-hydrogen) atoms. The minimum absolute atomic E-state index is 0.548. The molecule has 3 nitrogen and oxygen atoms in total. The molecule has 2 fully saturated rings. The minimum Gasteiger partial charge on any atom is -0.367 e. The third-order valence-corrected chi connectivity index (χ3v) is 4.14. The Hall–Kier alpha value is -0.830. The maximum absolute atomic E-state index is 6.08. The Bertz CT molecular complexity index is 431. The van der Waals surface area contributed by atoms with Crippen LogP contribution in [0.1, 0.15) is 57.2 Å². The average Bonchev–Trinajstić information content (AvgIpc) is 3.11. The molecule has 0 saturated heterocycles. The van der Waals surface area contributed by atoms with Crippen LogP contribution in [0.15, 0.2) is 6.07 Å². The highest BCUT2D eigenvalue weighted by molar-refractivity contribution is 6.29. The van der Waals surface area contributed by atoms with Crippen molar-refractivity contribution in [2.75, 3.05) is 5.32 Å². The second kappa shape index (κ2) is 5.04. The van der Waals surface area contributed by atoms with E-state index in [1.54, 1.807) is 0 Å². The molecule has 0 bridgehead atoms. The molecule has 3 rings (SSSR count). The SMILES string of the molecule is CC1CCCC(Nc2cc(Cl)nc(C3CC3)n2)C1. The molecule has 2 unspecified atom stereocenters. The van der Waals surface area contributed by atoms with Gasteiger partial charge in [-0.3, -0.25) is 0 Å². The minimum atomic E-state index is 0.548. The quantitative estimate of drug-likeness (QED) is 0.840. The Morgan fingerprint density at radius 1 is 1.22 bits per heavy atom. The van der Waals surface area contributed by atoms with Crippen molar-refractivity contribution >= 4 is 17.4 Å². The lowest BCUT2D eigenvalue weighted by molar-refractivity contribution is 0.358. The summed E-state index contributed by atoms with van der Waals surface area (Å²) >= 11 is 6.08. The summed E-state index contributed by atoms with van der Waals surface area (Å²) in [5, 5.41) is 4.11. The van der Waals surface area contributed by atoms with Crippen molar-refractivity contribution in [3.8, 4) is 0 Å². The van der Waals surface area contributed by atoms with Gasteiger partial charge in [-0.2, -0.15) is 0 Å². The third-order valence-electron chi connectivity index (χ3n) is 3.94.